The molecule has 0 amide bonds. The van der Waals surface area contributed by atoms with Gasteiger partial charge in [-0.1, -0.05) is 20.8 Å². The topological polar surface area (TPSA) is 21.3 Å². The molecule has 1 saturated carbocycles. The van der Waals surface area contributed by atoms with Gasteiger partial charge < -0.3 is 10.1 Å². The fourth-order valence-corrected chi connectivity index (χ4v) is 3.10. The zero-order valence-corrected chi connectivity index (χ0v) is 13.3. The van der Waals surface area contributed by atoms with E-state index in [2.05, 4.69) is 42.0 Å². The van der Waals surface area contributed by atoms with Crippen molar-refractivity contribution in [2.75, 3.05) is 6.54 Å². The maximum atomic E-state index is 13.3. The molecule has 1 aliphatic carbocycles. The van der Waals surface area contributed by atoms with Crippen LogP contribution in [0.5, 0.6) is 5.75 Å². The summed E-state index contributed by atoms with van der Waals surface area (Å²) in [5, 5.41) is 3.50. The molecular weight excluding hydrogens is 309 g/mol. The van der Waals surface area contributed by atoms with Crippen LogP contribution >= 0.6 is 15.9 Å². The van der Waals surface area contributed by atoms with Gasteiger partial charge in [0.25, 0.3) is 0 Å². The number of nitrogens with one attached hydrogen (secondary N) is 1. The van der Waals surface area contributed by atoms with Gasteiger partial charge in [0.2, 0.25) is 0 Å². The average molecular weight is 330 g/mol. The molecular formula is C15H21BrFNO. The van der Waals surface area contributed by atoms with Crippen LogP contribution in [0.3, 0.4) is 0 Å². The van der Waals surface area contributed by atoms with Crippen molar-refractivity contribution in [2.24, 2.45) is 5.41 Å². The maximum absolute atomic E-state index is 13.3. The Morgan fingerprint density at radius 2 is 2.21 bits per heavy atom. The molecule has 3 unspecified atom stereocenters. The van der Waals surface area contributed by atoms with Gasteiger partial charge in [0.15, 0.2) is 0 Å². The summed E-state index contributed by atoms with van der Waals surface area (Å²) in [6.07, 6.45) is 2.16. The van der Waals surface area contributed by atoms with E-state index in [4.69, 9.17) is 4.74 Å². The molecule has 3 atom stereocenters. The number of benzene rings is 1. The van der Waals surface area contributed by atoms with E-state index < -0.39 is 0 Å². The van der Waals surface area contributed by atoms with Gasteiger partial charge in [0.1, 0.15) is 17.7 Å². The molecule has 0 aromatic heterocycles. The van der Waals surface area contributed by atoms with Gasteiger partial charge in [-0.15, -0.1) is 0 Å². The first-order chi connectivity index (χ1) is 9.01. The summed E-state index contributed by atoms with van der Waals surface area (Å²) in [5.74, 6) is 0.332. The Morgan fingerprint density at radius 3 is 2.84 bits per heavy atom. The molecule has 2 rings (SSSR count). The number of hydrogen-bond acceptors (Lipinski definition) is 2. The van der Waals surface area contributed by atoms with Gasteiger partial charge in [-0.05, 0) is 41.0 Å². The van der Waals surface area contributed by atoms with Gasteiger partial charge in [-0.3, -0.25) is 0 Å². The second kappa shape index (κ2) is 5.80. The Balaban J connectivity index is 2.10. The first-order valence-corrected chi connectivity index (χ1v) is 7.65. The van der Waals surface area contributed by atoms with Crippen molar-refractivity contribution >= 4 is 15.9 Å². The summed E-state index contributed by atoms with van der Waals surface area (Å²) in [6.45, 7) is 7.51. The number of hydrogen-bond donors (Lipinski definition) is 1. The Hall–Kier alpha value is -0.610. The van der Waals surface area contributed by atoms with E-state index >= 15 is 0 Å². The van der Waals surface area contributed by atoms with E-state index in [9.17, 15) is 4.39 Å². The van der Waals surface area contributed by atoms with E-state index in [1.54, 1.807) is 6.07 Å². The largest absolute Gasteiger partial charge is 0.488 e. The lowest BCUT2D eigenvalue weighted by molar-refractivity contribution is -0.0701. The van der Waals surface area contributed by atoms with Crippen molar-refractivity contribution in [3.63, 3.8) is 0 Å². The molecule has 0 heterocycles. The van der Waals surface area contributed by atoms with Crippen LogP contribution < -0.4 is 10.1 Å². The van der Waals surface area contributed by atoms with Gasteiger partial charge in [0, 0.05) is 23.9 Å². The van der Waals surface area contributed by atoms with E-state index in [1.807, 2.05) is 0 Å². The maximum Gasteiger partial charge on any atom is 0.136 e. The molecule has 2 nitrogen and oxygen atoms in total. The van der Waals surface area contributed by atoms with Crippen molar-refractivity contribution in [1.82, 2.24) is 5.32 Å². The standard InChI is InChI=1S/C15H21BrFNO/c1-4-15(3)13(18-5-2)9-14(15)19-12-8-10(17)6-7-11(12)16/h6-8,13-14,18H,4-5,9H2,1-3H3. The summed E-state index contributed by atoms with van der Waals surface area (Å²) in [7, 11) is 0. The molecule has 1 fully saturated rings. The van der Waals surface area contributed by atoms with Crippen molar-refractivity contribution in [1.29, 1.82) is 0 Å². The molecule has 0 radical (unpaired) electrons. The molecule has 1 N–H and O–H groups in total. The highest BCUT2D eigenvalue weighted by molar-refractivity contribution is 9.10. The summed E-state index contributed by atoms with van der Waals surface area (Å²) in [6, 6.07) is 5.05. The monoisotopic (exact) mass is 329 g/mol. The minimum Gasteiger partial charge on any atom is -0.488 e. The molecule has 0 bridgehead atoms. The molecule has 0 spiro atoms. The highest BCUT2D eigenvalue weighted by Crippen LogP contribution is 2.46. The van der Waals surface area contributed by atoms with Gasteiger partial charge in [-0.25, -0.2) is 4.39 Å². The summed E-state index contributed by atoms with van der Waals surface area (Å²) >= 11 is 3.41. The van der Waals surface area contributed by atoms with Crippen molar-refractivity contribution in [3.05, 3.63) is 28.5 Å². The predicted molar refractivity (Wildman–Crippen MR) is 79.0 cm³/mol. The number of rotatable bonds is 5. The predicted octanol–water partition coefficient (Wildman–Crippen LogP) is 4.13. The minimum absolute atomic E-state index is 0.113. The van der Waals surface area contributed by atoms with Crippen LogP contribution in [0.1, 0.15) is 33.6 Å². The third kappa shape index (κ3) is 2.79. The Labute approximate surface area is 122 Å². The lowest BCUT2D eigenvalue weighted by Gasteiger charge is -2.53. The Kier molecular flexibility index (Phi) is 4.51. The lowest BCUT2D eigenvalue weighted by Crippen LogP contribution is -2.63. The van der Waals surface area contributed by atoms with Crippen LogP contribution in [0.15, 0.2) is 22.7 Å². The van der Waals surface area contributed by atoms with Crippen LogP contribution in [0.25, 0.3) is 0 Å². The zero-order chi connectivity index (χ0) is 14.0. The molecule has 1 aromatic rings. The molecule has 19 heavy (non-hydrogen) atoms. The van der Waals surface area contributed by atoms with Crippen LogP contribution in [-0.2, 0) is 0 Å². The smallest absolute Gasteiger partial charge is 0.136 e. The molecule has 106 valence electrons. The second-order valence-electron chi connectivity index (χ2n) is 5.39. The first kappa shape index (κ1) is 14.8. The lowest BCUT2D eigenvalue weighted by atomic mass is 9.61. The summed E-state index contributed by atoms with van der Waals surface area (Å²) < 4.78 is 20.1. The van der Waals surface area contributed by atoms with Crippen LogP contribution in [0, 0.1) is 11.2 Å². The van der Waals surface area contributed by atoms with Gasteiger partial charge in [0.05, 0.1) is 4.47 Å². The van der Waals surface area contributed by atoms with E-state index in [0.717, 1.165) is 23.9 Å². The summed E-state index contributed by atoms with van der Waals surface area (Å²) in [4.78, 5) is 0. The van der Waals surface area contributed by atoms with Crippen LogP contribution in [-0.4, -0.2) is 18.7 Å². The van der Waals surface area contributed by atoms with Crippen molar-refractivity contribution < 1.29 is 9.13 Å². The molecule has 1 aromatic carbocycles. The first-order valence-electron chi connectivity index (χ1n) is 6.86. The van der Waals surface area contributed by atoms with Crippen LogP contribution in [0.4, 0.5) is 4.39 Å². The Bertz CT molecular complexity index is 454. The Morgan fingerprint density at radius 1 is 1.47 bits per heavy atom. The quantitative estimate of drug-likeness (QED) is 0.876. The third-order valence-electron chi connectivity index (χ3n) is 4.36. The fourth-order valence-electron chi connectivity index (χ4n) is 2.76. The average Bonchev–Trinajstić information content (AvgIpc) is 2.40. The molecule has 0 saturated heterocycles. The third-order valence-corrected chi connectivity index (χ3v) is 5.01. The van der Waals surface area contributed by atoms with E-state index in [-0.39, 0.29) is 17.3 Å². The van der Waals surface area contributed by atoms with Gasteiger partial charge >= 0.3 is 0 Å². The SMILES string of the molecule is CCNC1CC(Oc2cc(F)ccc2Br)C1(C)CC. The molecule has 1 aliphatic rings. The van der Waals surface area contributed by atoms with Crippen LogP contribution in [0.2, 0.25) is 0 Å². The summed E-state index contributed by atoms with van der Waals surface area (Å²) in [5.41, 5.74) is 0.113. The van der Waals surface area contributed by atoms with Crippen molar-refractivity contribution in [2.45, 2.75) is 45.8 Å². The number of halogens is 2. The minimum atomic E-state index is -0.265. The highest BCUT2D eigenvalue weighted by Gasteiger charge is 2.51. The fraction of sp³-hybridized carbons (Fsp3) is 0.600. The number of ether oxygens (including phenoxy) is 1. The molecule has 0 aliphatic heterocycles. The molecule has 4 heteroatoms. The van der Waals surface area contributed by atoms with Crippen molar-refractivity contribution in [3.8, 4) is 5.75 Å². The van der Waals surface area contributed by atoms with E-state index in [0.29, 0.717) is 11.8 Å². The second-order valence-corrected chi connectivity index (χ2v) is 6.24. The highest BCUT2D eigenvalue weighted by atomic mass is 79.9. The zero-order valence-electron chi connectivity index (χ0n) is 11.7. The van der Waals surface area contributed by atoms with Gasteiger partial charge in [-0.2, -0.15) is 0 Å². The van der Waals surface area contributed by atoms with E-state index in [1.165, 1.54) is 12.1 Å². The normalized spacial score (nSPS) is 29.9.